The van der Waals surface area contributed by atoms with Crippen LogP contribution < -0.4 is 25.6 Å². The van der Waals surface area contributed by atoms with Gasteiger partial charge < -0.3 is 20.3 Å². The van der Waals surface area contributed by atoms with Crippen LogP contribution in [-0.4, -0.2) is 57.8 Å². The molecule has 8 nitrogen and oxygen atoms in total. The van der Waals surface area contributed by atoms with Crippen LogP contribution in [0.1, 0.15) is 0 Å². The molecular weight excluding hydrogens is 393 g/mol. The Morgan fingerprint density at radius 3 is 2.41 bits per heavy atom. The molecular formula is C15H19ClF3N4O4+. The molecule has 0 radical (unpaired) electrons. The SMILES string of the molecule is COc1ccc(Cl)cc1NC(=O)C[NH+](C)CC(=O)NC(=O)NCC(F)(F)F. The number of carbonyl (C=O) groups is 3. The first-order chi connectivity index (χ1) is 12.5. The third-order valence-corrected chi connectivity index (χ3v) is 3.30. The van der Waals surface area contributed by atoms with E-state index in [0.29, 0.717) is 21.4 Å². The van der Waals surface area contributed by atoms with Gasteiger partial charge in [0.25, 0.3) is 11.8 Å². The molecule has 1 atom stereocenters. The topological polar surface area (TPSA) is 101 Å². The number of halogens is 4. The summed E-state index contributed by atoms with van der Waals surface area (Å²) in [6.07, 6.45) is -4.58. The van der Waals surface area contributed by atoms with Crippen LogP contribution in [0.4, 0.5) is 23.7 Å². The monoisotopic (exact) mass is 411 g/mol. The Balaban J connectivity index is 2.46. The van der Waals surface area contributed by atoms with E-state index in [1.54, 1.807) is 17.4 Å². The van der Waals surface area contributed by atoms with Gasteiger partial charge in [0, 0.05) is 5.02 Å². The van der Waals surface area contributed by atoms with Crippen molar-refractivity contribution in [3.63, 3.8) is 0 Å². The Morgan fingerprint density at radius 1 is 1.19 bits per heavy atom. The number of hydrogen-bond donors (Lipinski definition) is 4. The number of alkyl halides is 3. The highest BCUT2D eigenvalue weighted by molar-refractivity contribution is 6.31. The number of methoxy groups -OCH3 is 1. The van der Waals surface area contributed by atoms with Gasteiger partial charge in [0.1, 0.15) is 12.3 Å². The van der Waals surface area contributed by atoms with E-state index in [-0.39, 0.29) is 13.1 Å². The molecule has 0 spiro atoms. The van der Waals surface area contributed by atoms with Gasteiger partial charge in [-0.1, -0.05) is 11.6 Å². The van der Waals surface area contributed by atoms with Gasteiger partial charge in [-0.2, -0.15) is 13.2 Å². The number of likely N-dealkylation sites (N-methyl/N-ethyl adjacent to an activating group) is 1. The molecule has 4 N–H and O–H groups in total. The summed E-state index contributed by atoms with van der Waals surface area (Å²) in [5.74, 6) is -0.896. The quantitative estimate of drug-likeness (QED) is 0.514. The van der Waals surface area contributed by atoms with Gasteiger partial charge in [0.05, 0.1) is 19.8 Å². The summed E-state index contributed by atoms with van der Waals surface area (Å²) in [6.45, 7) is -2.01. The standard InChI is InChI=1S/C15H18ClF3N4O4/c1-23(7-13(25)22-14(26)20-8-15(17,18)19)6-12(24)21-10-5-9(16)3-4-11(10)27-2/h3-5H,6-8H2,1-2H3,(H,21,24)(H2,20,22,25,26)/p+1. The second-order valence-corrected chi connectivity index (χ2v) is 5.99. The summed E-state index contributed by atoms with van der Waals surface area (Å²) in [7, 11) is 2.92. The predicted octanol–water partition coefficient (Wildman–Crippen LogP) is 0.190. The fraction of sp³-hybridized carbons (Fsp3) is 0.400. The molecule has 0 saturated heterocycles. The second kappa shape index (κ2) is 9.97. The zero-order valence-corrected chi connectivity index (χ0v) is 15.3. The first-order valence-corrected chi connectivity index (χ1v) is 7.97. The second-order valence-electron chi connectivity index (χ2n) is 5.55. The van der Waals surface area contributed by atoms with Crippen molar-refractivity contribution >= 4 is 35.1 Å². The number of benzene rings is 1. The van der Waals surface area contributed by atoms with Crippen LogP contribution in [0.15, 0.2) is 18.2 Å². The Labute approximate surface area is 158 Å². The molecule has 0 bridgehead atoms. The number of hydrogen-bond acceptors (Lipinski definition) is 4. The van der Waals surface area contributed by atoms with E-state index in [9.17, 15) is 27.6 Å². The van der Waals surface area contributed by atoms with E-state index in [0.717, 1.165) is 0 Å². The number of carbonyl (C=O) groups excluding carboxylic acids is 3. The maximum atomic E-state index is 12.1. The van der Waals surface area contributed by atoms with E-state index >= 15 is 0 Å². The number of rotatable bonds is 7. The van der Waals surface area contributed by atoms with E-state index in [4.69, 9.17) is 16.3 Å². The number of nitrogens with one attached hydrogen (secondary N) is 4. The Morgan fingerprint density at radius 2 is 1.81 bits per heavy atom. The van der Waals surface area contributed by atoms with Crippen molar-refractivity contribution in [1.82, 2.24) is 10.6 Å². The number of anilines is 1. The molecule has 0 aliphatic heterocycles. The highest BCUT2D eigenvalue weighted by Crippen LogP contribution is 2.27. The maximum Gasteiger partial charge on any atom is 0.405 e. The lowest BCUT2D eigenvalue weighted by molar-refractivity contribution is -0.862. The number of urea groups is 1. The molecule has 1 aromatic carbocycles. The average molecular weight is 412 g/mol. The van der Waals surface area contributed by atoms with Crippen LogP contribution in [0.3, 0.4) is 0 Å². The number of ether oxygens (including phenoxy) is 1. The minimum Gasteiger partial charge on any atom is -0.495 e. The average Bonchev–Trinajstić information content (AvgIpc) is 2.52. The molecule has 0 fully saturated rings. The summed E-state index contributed by atoms with van der Waals surface area (Å²) in [6, 6.07) is 3.38. The molecule has 0 aliphatic carbocycles. The van der Waals surface area contributed by atoms with Crippen LogP contribution in [-0.2, 0) is 9.59 Å². The first-order valence-electron chi connectivity index (χ1n) is 7.59. The molecule has 1 aromatic rings. The predicted molar refractivity (Wildman–Crippen MR) is 90.9 cm³/mol. The summed E-state index contributed by atoms with van der Waals surface area (Å²) in [5, 5.41) is 6.22. The van der Waals surface area contributed by atoms with Gasteiger partial charge in [-0.05, 0) is 18.2 Å². The molecule has 27 heavy (non-hydrogen) atoms. The van der Waals surface area contributed by atoms with Crippen molar-refractivity contribution in [2.75, 3.05) is 39.1 Å². The third-order valence-electron chi connectivity index (χ3n) is 3.06. The third kappa shape index (κ3) is 9.11. The van der Waals surface area contributed by atoms with E-state index in [1.165, 1.54) is 25.5 Å². The minimum absolute atomic E-state index is 0.146. The summed E-state index contributed by atoms with van der Waals surface area (Å²) in [4.78, 5) is 35.3. The number of imide groups is 1. The molecule has 0 saturated carbocycles. The molecule has 4 amide bonds. The van der Waals surface area contributed by atoms with Crippen molar-refractivity contribution in [2.45, 2.75) is 6.18 Å². The Bertz CT molecular complexity index is 700. The van der Waals surface area contributed by atoms with Gasteiger partial charge in [0.15, 0.2) is 13.1 Å². The van der Waals surface area contributed by atoms with Crippen LogP contribution in [0.2, 0.25) is 5.02 Å². The molecule has 0 aromatic heterocycles. The molecule has 0 aliphatic rings. The van der Waals surface area contributed by atoms with Crippen molar-refractivity contribution in [3.05, 3.63) is 23.2 Å². The van der Waals surface area contributed by atoms with Crippen LogP contribution >= 0.6 is 11.6 Å². The fourth-order valence-electron chi connectivity index (χ4n) is 1.98. The summed E-state index contributed by atoms with van der Waals surface area (Å²) in [5.41, 5.74) is 0.346. The minimum atomic E-state index is -4.58. The molecule has 150 valence electrons. The van der Waals surface area contributed by atoms with Gasteiger partial charge >= 0.3 is 12.2 Å². The van der Waals surface area contributed by atoms with Gasteiger partial charge in [-0.3, -0.25) is 14.9 Å². The normalized spacial score (nSPS) is 12.1. The van der Waals surface area contributed by atoms with Crippen molar-refractivity contribution in [2.24, 2.45) is 0 Å². The fourth-order valence-corrected chi connectivity index (χ4v) is 2.15. The van der Waals surface area contributed by atoms with E-state index in [2.05, 4.69) is 5.32 Å². The summed E-state index contributed by atoms with van der Waals surface area (Å²) < 4.78 is 41.0. The number of quaternary nitrogens is 1. The highest BCUT2D eigenvalue weighted by Gasteiger charge is 2.28. The van der Waals surface area contributed by atoms with Crippen LogP contribution in [0, 0.1) is 0 Å². The van der Waals surface area contributed by atoms with E-state index in [1.807, 2.05) is 0 Å². The molecule has 1 rings (SSSR count). The Hall–Kier alpha value is -2.53. The lowest BCUT2D eigenvalue weighted by Gasteiger charge is -2.15. The van der Waals surface area contributed by atoms with Crippen molar-refractivity contribution < 1.29 is 37.2 Å². The highest BCUT2D eigenvalue weighted by atomic mass is 35.5. The van der Waals surface area contributed by atoms with Gasteiger partial charge in [0.2, 0.25) is 0 Å². The van der Waals surface area contributed by atoms with Crippen LogP contribution in [0.5, 0.6) is 5.75 Å². The smallest absolute Gasteiger partial charge is 0.405 e. The van der Waals surface area contributed by atoms with Crippen molar-refractivity contribution in [1.29, 1.82) is 0 Å². The van der Waals surface area contributed by atoms with Crippen LogP contribution in [0.25, 0.3) is 0 Å². The molecule has 12 heteroatoms. The van der Waals surface area contributed by atoms with Gasteiger partial charge in [-0.15, -0.1) is 0 Å². The zero-order valence-electron chi connectivity index (χ0n) is 14.5. The molecule has 0 heterocycles. The first kappa shape index (κ1) is 22.5. The van der Waals surface area contributed by atoms with Crippen molar-refractivity contribution in [3.8, 4) is 5.75 Å². The largest absolute Gasteiger partial charge is 0.495 e. The number of amides is 4. The maximum absolute atomic E-state index is 12.1. The van der Waals surface area contributed by atoms with Gasteiger partial charge in [-0.25, -0.2) is 4.79 Å². The Kier molecular flexibility index (Phi) is 8.32. The zero-order chi connectivity index (χ0) is 20.6. The molecule has 1 unspecified atom stereocenters. The summed E-state index contributed by atoms with van der Waals surface area (Å²) >= 11 is 5.86. The lowest BCUT2D eigenvalue weighted by Crippen LogP contribution is -3.11. The lowest BCUT2D eigenvalue weighted by atomic mass is 10.3. The van der Waals surface area contributed by atoms with E-state index < -0.39 is 30.6 Å².